The van der Waals surface area contributed by atoms with Crippen molar-refractivity contribution in [3.63, 3.8) is 0 Å². The van der Waals surface area contributed by atoms with E-state index in [0.29, 0.717) is 11.6 Å². The molecule has 2 aliphatic heterocycles. The lowest BCUT2D eigenvalue weighted by molar-refractivity contribution is -0.124. The molecule has 2 heterocycles. The summed E-state index contributed by atoms with van der Waals surface area (Å²) in [6.07, 6.45) is 0. The van der Waals surface area contributed by atoms with Gasteiger partial charge in [-0.05, 0) is 67.8 Å². The summed E-state index contributed by atoms with van der Waals surface area (Å²) in [5.74, 6) is -0.135. The molecule has 4 nitrogen and oxygen atoms in total. The topological polar surface area (TPSA) is 40.6 Å². The summed E-state index contributed by atoms with van der Waals surface area (Å²) in [6.45, 7) is 6.37. The Morgan fingerprint density at radius 3 is 2.41 bits per heavy atom. The zero-order chi connectivity index (χ0) is 22.6. The average Bonchev–Trinajstić information content (AvgIpc) is 3.18. The molecule has 1 spiro atoms. The molecule has 3 aromatic rings. The van der Waals surface area contributed by atoms with Crippen LogP contribution in [0.1, 0.15) is 29.2 Å². The quantitative estimate of drug-likeness (QED) is 0.492. The monoisotopic (exact) mass is 462 g/mol. The van der Waals surface area contributed by atoms with E-state index in [0.717, 1.165) is 33.6 Å². The van der Waals surface area contributed by atoms with Gasteiger partial charge in [-0.2, -0.15) is 0 Å². The SMILES string of the molecule is Cc1ccc(N2C(=O)C(C)SC23C(=O)N(Cc2ccc(Cl)cc2)c2ccccc23)cc1C. The number of benzene rings is 3. The van der Waals surface area contributed by atoms with Crippen molar-refractivity contribution in [1.82, 2.24) is 0 Å². The van der Waals surface area contributed by atoms with Crippen LogP contribution >= 0.6 is 23.4 Å². The predicted octanol–water partition coefficient (Wildman–Crippen LogP) is 5.82. The molecule has 0 saturated carbocycles. The van der Waals surface area contributed by atoms with Crippen LogP contribution in [-0.4, -0.2) is 17.1 Å². The van der Waals surface area contributed by atoms with Gasteiger partial charge in [0, 0.05) is 16.3 Å². The molecule has 1 saturated heterocycles. The van der Waals surface area contributed by atoms with Gasteiger partial charge in [-0.25, -0.2) is 0 Å². The molecule has 2 aliphatic rings. The van der Waals surface area contributed by atoms with Gasteiger partial charge in [-0.1, -0.05) is 48.0 Å². The van der Waals surface area contributed by atoms with E-state index in [-0.39, 0.29) is 17.1 Å². The summed E-state index contributed by atoms with van der Waals surface area (Å²) >= 11 is 7.48. The number of carbonyl (C=O) groups excluding carboxylic acids is 2. The molecule has 0 aromatic heterocycles. The molecular formula is C26H23ClN2O2S. The number of fused-ring (bicyclic) bond motifs is 2. The number of amides is 2. The molecule has 1 fully saturated rings. The fourth-order valence-electron chi connectivity index (χ4n) is 4.53. The highest BCUT2D eigenvalue weighted by Crippen LogP contribution is 2.58. The predicted molar refractivity (Wildman–Crippen MR) is 131 cm³/mol. The lowest BCUT2D eigenvalue weighted by atomic mass is 10.0. The highest BCUT2D eigenvalue weighted by molar-refractivity contribution is 8.03. The third-order valence-electron chi connectivity index (χ3n) is 6.33. The van der Waals surface area contributed by atoms with Gasteiger partial charge in [-0.15, -0.1) is 11.8 Å². The van der Waals surface area contributed by atoms with E-state index in [1.54, 1.807) is 9.80 Å². The van der Waals surface area contributed by atoms with Crippen LogP contribution in [0.2, 0.25) is 5.02 Å². The normalized spacial score (nSPS) is 22.2. The minimum Gasteiger partial charge on any atom is -0.304 e. The lowest BCUT2D eigenvalue weighted by Gasteiger charge is -2.33. The fourth-order valence-corrected chi connectivity index (χ4v) is 6.19. The van der Waals surface area contributed by atoms with Crippen LogP contribution in [0, 0.1) is 13.8 Å². The third kappa shape index (κ3) is 3.06. The van der Waals surface area contributed by atoms with Crippen molar-refractivity contribution in [2.75, 3.05) is 9.80 Å². The minimum absolute atomic E-state index is 0.0465. The molecule has 2 amide bonds. The van der Waals surface area contributed by atoms with Crippen LogP contribution in [0.3, 0.4) is 0 Å². The number of aryl methyl sites for hydroxylation is 2. The first kappa shape index (κ1) is 21.1. The van der Waals surface area contributed by atoms with E-state index in [9.17, 15) is 9.59 Å². The van der Waals surface area contributed by atoms with Crippen molar-refractivity contribution in [2.45, 2.75) is 37.4 Å². The number of carbonyl (C=O) groups is 2. The first-order valence-corrected chi connectivity index (χ1v) is 11.8. The lowest BCUT2D eigenvalue weighted by Crippen LogP contribution is -2.49. The maximum absolute atomic E-state index is 14.2. The number of thioether (sulfide) groups is 1. The van der Waals surface area contributed by atoms with Crippen molar-refractivity contribution < 1.29 is 9.59 Å². The van der Waals surface area contributed by atoms with Crippen molar-refractivity contribution in [3.8, 4) is 0 Å². The van der Waals surface area contributed by atoms with Crippen molar-refractivity contribution in [1.29, 1.82) is 0 Å². The molecule has 3 aromatic carbocycles. The first-order valence-electron chi connectivity index (χ1n) is 10.6. The van der Waals surface area contributed by atoms with Gasteiger partial charge in [0.25, 0.3) is 5.91 Å². The van der Waals surface area contributed by atoms with Gasteiger partial charge in [0.05, 0.1) is 17.5 Å². The number of hydrogen-bond donors (Lipinski definition) is 0. The highest BCUT2D eigenvalue weighted by Gasteiger charge is 2.63. The van der Waals surface area contributed by atoms with E-state index < -0.39 is 4.87 Å². The number of hydrogen-bond acceptors (Lipinski definition) is 3. The second-order valence-corrected chi connectivity index (χ2v) is 10.4. The summed E-state index contributed by atoms with van der Waals surface area (Å²) in [6, 6.07) is 21.3. The first-order chi connectivity index (χ1) is 15.3. The molecule has 0 aliphatic carbocycles. The van der Waals surface area contributed by atoms with Gasteiger partial charge in [0.2, 0.25) is 10.8 Å². The zero-order valence-electron chi connectivity index (χ0n) is 18.1. The molecule has 162 valence electrons. The Balaban J connectivity index is 1.66. The zero-order valence-corrected chi connectivity index (χ0v) is 19.7. The number of halogens is 1. The average molecular weight is 463 g/mol. The molecule has 0 N–H and O–H groups in total. The minimum atomic E-state index is -1.11. The molecule has 0 bridgehead atoms. The van der Waals surface area contributed by atoms with Gasteiger partial charge >= 0.3 is 0 Å². The van der Waals surface area contributed by atoms with E-state index in [1.165, 1.54) is 11.8 Å². The molecule has 5 rings (SSSR count). The summed E-state index contributed by atoms with van der Waals surface area (Å²) < 4.78 is 0. The molecular weight excluding hydrogens is 440 g/mol. The Kier molecular flexibility index (Phi) is 5.06. The molecule has 2 atom stereocenters. The Hall–Kier alpha value is -2.76. The van der Waals surface area contributed by atoms with Crippen LogP contribution in [0.25, 0.3) is 0 Å². The Bertz CT molecular complexity index is 1240. The number of nitrogens with zero attached hydrogens (tertiary/aromatic N) is 2. The largest absolute Gasteiger partial charge is 0.304 e. The highest BCUT2D eigenvalue weighted by atomic mass is 35.5. The van der Waals surface area contributed by atoms with Gasteiger partial charge < -0.3 is 4.90 Å². The third-order valence-corrected chi connectivity index (χ3v) is 8.05. The Morgan fingerprint density at radius 2 is 1.69 bits per heavy atom. The van der Waals surface area contributed by atoms with E-state index in [4.69, 9.17) is 11.6 Å². The summed E-state index contributed by atoms with van der Waals surface area (Å²) in [5.41, 5.74) is 5.68. The van der Waals surface area contributed by atoms with Crippen LogP contribution in [-0.2, 0) is 21.0 Å². The summed E-state index contributed by atoms with van der Waals surface area (Å²) in [5, 5.41) is 0.328. The number of rotatable bonds is 3. The van der Waals surface area contributed by atoms with Crippen LogP contribution < -0.4 is 9.80 Å². The maximum Gasteiger partial charge on any atom is 0.269 e. The van der Waals surface area contributed by atoms with E-state index in [2.05, 4.69) is 0 Å². The second kappa shape index (κ2) is 7.68. The van der Waals surface area contributed by atoms with Gasteiger partial charge in [-0.3, -0.25) is 14.5 Å². The fraction of sp³-hybridized carbons (Fsp3) is 0.231. The standard InChI is InChI=1S/C26H23ClN2O2S/c1-16-8-13-21(14-17(16)2)29-24(30)18(3)32-26(29)22-6-4-5-7-23(22)28(25(26)31)15-19-9-11-20(27)12-10-19/h4-14,18H,15H2,1-3H3. The second-order valence-electron chi connectivity index (χ2n) is 8.38. The molecule has 32 heavy (non-hydrogen) atoms. The van der Waals surface area contributed by atoms with Crippen molar-refractivity contribution in [3.05, 3.63) is 94.0 Å². The number of para-hydroxylation sites is 1. The Labute approximate surface area is 197 Å². The smallest absolute Gasteiger partial charge is 0.269 e. The summed E-state index contributed by atoms with van der Waals surface area (Å²) in [4.78, 5) is 30.0. The summed E-state index contributed by atoms with van der Waals surface area (Å²) in [7, 11) is 0. The molecule has 6 heteroatoms. The van der Waals surface area contributed by atoms with E-state index >= 15 is 0 Å². The van der Waals surface area contributed by atoms with Crippen LogP contribution in [0.4, 0.5) is 11.4 Å². The van der Waals surface area contributed by atoms with Crippen LogP contribution in [0.15, 0.2) is 66.7 Å². The number of anilines is 2. The molecule has 0 radical (unpaired) electrons. The van der Waals surface area contributed by atoms with Crippen LogP contribution in [0.5, 0.6) is 0 Å². The van der Waals surface area contributed by atoms with Crippen molar-refractivity contribution in [2.24, 2.45) is 0 Å². The van der Waals surface area contributed by atoms with Gasteiger partial charge in [0.1, 0.15) is 0 Å². The maximum atomic E-state index is 14.2. The molecule has 2 unspecified atom stereocenters. The Morgan fingerprint density at radius 1 is 0.969 bits per heavy atom. The van der Waals surface area contributed by atoms with E-state index in [1.807, 2.05) is 87.5 Å². The van der Waals surface area contributed by atoms with Gasteiger partial charge in [0.15, 0.2) is 0 Å². The van der Waals surface area contributed by atoms with Crippen molar-refractivity contribution >= 4 is 46.6 Å².